The maximum Gasteiger partial charge on any atom is 0.202 e. The van der Waals surface area contributed by atoms with Gasteiger partial charge in [-0.3, -0.25) is 0 Å². The van der Waals surface area contributed by atoms with Gasteiger partial charge in [-0.15, -0.1) is 11.3 Å². The summed E-state index contributed by atoms with van der Waals surface area (Å²) in [6, 6.07) is 4.19. The monoisotopic (exact) mass is 237 g/mol. The third kappa shape index (κ3) is 2.18. The van der Waals surface area contributed by atoms with Crippen LogP contribution in [0.2, 0.25) is 0 Å². The van der Waals surface area contributed by atoms with Gasteiger partial charge in [-0.1, -0.05) is 6.07 Å². The fourth-order valence-electron chi connectivity index (χ4n) is 1.39. The second kappa shape index (κ2) is 3.90. The van der Waals surface area contributed by atoms with Crippen molar-refractivity contribution in [2.24, 2.45) is 0 Å². The van der Waals surface area contributed by atoms with E-state index in [9.17, 15) is 0 Å². The summed E-state index contributed by atoms with van der Waals surface area (Å²) >= 11 is 3.23. The molecule has 2 aromatic heterocycles. The van der Waals surface area contributed by atoms with E-state index in [0.29, 0.717) is 5.92 Å². The van der Waals surface area contributed by atoms with Crippen LogP contribution in [0.3, 0.4) is 0 Å². The van der Waals surface area contributed by atoms with E-state index in [1.165, 1.54) is 29.3 Å². The molecular formula is C10H11N3S2. The van der Waals surface area contributed by atoms with Crippen LogP contribution in [0, 0.1) is 0 Å². The average molecular weight is 237 g/mol. The molecular weight excluding hydrogens is 226 g/mol. The van der Waals surface area contributed by atoms with Gasteiger partial charge in [0.2, 0.25) is 5.13 Å². The van der Waals surface area contributed by atoms with E-state index in [2.05, 4.69) is 32.2 Å². The highest BCUT2D eigenvalue weighted by Crippen LogP contribution is 2.39. The molecule has 0 radical (unpaired) electrons. The normalized spacial score (nSPS) is 15.5. The number of hydrogen-bond acceptors (Lipinski definition) is 5. The number of thiophene rings is 1. The predicted octanol–water partition coefficient (Wildman–Crippen LogP) is 3.09. The van der Waals surface area contributed by atoms with Gasteiger partial charge in [0.05, 0.1) is 6.54 Å². The molecule has 2 heterocycles. The fraction of sp³-hybridized carbons (Fsp3) is 0.400. The predicted molar refractivity (Wildman–Crippen MR) is 63.5 cm³/mol. The zero-order chi connectivity index (χ0) is 10.1. The second-order valence-corrected chi connectivity index (χ2v) is 5.45. The number of nitrogens with one attached hydrogen (secondary N) is 1. The number of aromatic nitrogens is 2. The van der Waals surface area contributed by atoms with E-state index in [0.717, 1.165) is 17.5 Å². The molecule has 3 rings (SSSR count). The third-order valence-electron chi connectivity index (χ3n) is 2.38. The summed E-state index contributed by atoms with van der Waals surface area (Å²) in [4.78, 5) is 5.80. The molecule has 0 bridgehead atoms. The summed E-state index contributed by atoms with van der Waals surface area (Å²) in [6.45, 7) is 0.858. The Morgan fingerprint density at radius 3 is 3.13 bits per heavy atom. The van der Waals surface area contributed by atoms with Crippen LogP contribution in [0.15, 0.2) is 17.5 Å². The molecule has 5 heteroatoms. The van der Waals surface area contributed by atoms with Crippen LogP contribution in [0.25, 0.3) is 0 Å². The largest absolute Gasteiger partial charge is 0.355 e. The lowest BCUT2D eigenvalue weighted by Gasteiger charge is -1.97. The lowest BCUT2D eigenvalue weighted by atomic mass is 10.4. The molecule has 0 aromatic carbocycles. The Morgan fingerprint density at radius 1 is 1.47 bits per heavy atom. The Bertz CT molecular complexity index is 431. The first kappa shape index (κ1) is 9.30. The minimum absolute atomic E-state index is 0.651. The van der Waals surface area contributed by atoms with Gasteiger partial charge >= 0.3 is 0 Å². The number of hydrogen-bond donors (Lipinski definition) is 1. The van der Waals surface area contributed by atoms with Crippen molar-refractivity contribution < 1.29 is 0 Å². The first-order valence-electron chi connectivity index (χ1n) is 5.01. The van der Waals surface area contributed by atoms with Crippen molar-refractivity contribution in [3.63, 3.8) is 0 Å². The molecule has 1 fully saturated rings. The summed E-state index contributed by atoms with van der Waals surface area (Å²) in [7, 11) is 0. The summed E-state index contributed by atoms with van der Waals surface area (Å²) in [5.41, 5.74) is 0. The van der Waals surface area contributed by atoms with Crippen LogP contribution >= 0.6 is 22.9 Å². The van der Waals surface area contributed by atoms with Crippen LogP contribution < -0.4 is 5.32 Å². The van der Waals surface area contributed by atoms with E-state index >= 15 is 0 Å². The van der Waals surface area contributed by atoms with Crippen molar-refractivity contribution in [2.45, 2.75) is 25.3 Å². The summed E-state index contributed by atoms with van der Waals surface area (Å²) < 4.78 is 4.35. The van der Waals surface area contributed by atoms with E-state index in [4.69, 9.17) is 0 Å². The maximum atomic E-state index is 4.47. The molecule has 1 saturated carbocycles. The molecule has 2 aromatic rings. The minimum atomic E-state index is 0.651. The van der Waals surface area contributed by atoms with Crippen molar-refractivity contribution in [2.75, 3.05) is 5.32 Å². The Balaban J connectivity index is 1.61. The molecule has 0 atom stereocenters. The van der Waals surface area contributed by atoms with Gasteiger partial charge in [-0.05, 0) is 24.3 Å². The van der Waals surface area contributed by atoms with Crippen molar-refractivity contribution in [3.05, 3.63) is 28.2 Å². The molecule has 0 amide bonds. The number of nitrogens with zero attached hydrogens (tertiary/aromatic N) is 2. The Morgan fingerprint density at radius 2 is 2.40 bits per heavy atom. The lowest BCUT2D eigenvalue weighted by molar-refractivity contribution is 0.981. The van der Waals surface area contributed by atoms with Crippen molar-refractivity contribution >= 4 is 28.0 Å². The van der Waals surface area contributed by atoms with E-state index in [1.807, 2.05) is 0 Å². The summed E-state index contributed by atoms with van der Waals surface area (Å²) in [5, 5.41) is 6.34. The van der Waals surface area contributed by atoms with Crippen molar-refractivity contribution in [3.8, 4) is 0 Å². The Hall–Kier alpha value is -0.940. The number of rotatable bonds is 4. The van der Waals surface area contributed by atoms with Crippen LogP contribution in [-0.4, -0.2) is 9.36 Å². The first-order valence-corrected chi connectivity index (χ1v) is 6.67. The molecule has 0 spiro atoms. The summed E-state index contributed by atoms with van der Waals surface area (Å²) in [5.74, 6) is 1.69. The highest BCUT2D eigenvalue weighted by atomic mass is 32.1. The van der Waals surface area contributed by atoms with E-state index in [-0.39, 0.29) is 0 Å². The third-order valence-corrected chi connectivity index (χ3v) is 3.94. The van der Waals surface area contributed by atoms with Crippen LogP contribution in [-0.2, 0) is 6.54 Å². The van der Waals surface area contributed by atoms with Gasteiger partial charge in [0, 0.05) is 22.3 Å². The highest BCUT2D eigenvalue weighted by molar-refractivity contribution is 7.10. The quantitative estimate of drug-likeness (QED) is 0.888. The number of anilines is 1. The smallest absolute Gasteiger partial charge is 0.202 e. The van der Waals surface area contributed by atoms with Crippen molar-refractivity contribution in [1.29, 1.82) is 0 Å². The molecule has 1 aliphatic carbocycles. The van der Waals surface area contributed by atoms with Crippen LogP contribution in [0.5, 0.6) is 0 Å². The fourth-order valence-corrected chi connectivity index (χ4v) is 2.68. The van der Waals surface area contributed by atoms with Crippen LogP contribution in [0.4, 0.5) is 5.13 Å². The molecule has 1 N–H and O–H groups in total. The van der Waals surface area contributed by atoms with Gasteiger partial charge in [0.15, 0.2) is 0 Å². The van der Waals surface area contributed by atoms with Gasteiger partial charge in [-0.2, -0.15) is 4.37 Å². The average Bonchev–Trinajstić information content (AvgIpc) is 2.82. The van der Waals surface area contributed by atoms with Gasteiger partial charge in [-0.25, -0.2) is 4.98 Å². The van der Waals surface area contributed by atoms with Crippen LogP contribution in [0.1, 0.15) is 29.5 Å². The van der Waals surface area contributed by atoms with Gasteiger partial charge < -0.3 is 5.32 Å². The molecule has 0 saturated heterocycles. The summed E-state index contributed by atoms with van der Waals surface area (Å²) in [6.07, 6.45) is 2.53. The molecule has 3 nitrogen and oxygen atoms in total. The first-order chi connectivity index (χ1) is 7.42. The second-order valence-electron chi connectivity index (χ2n) is 3.66. The Labute approximate surface area is 96.4 Å². The Kier molecular flexibility index (Phi) is 2.42. The molecule has 0 aliphatic heterocycles. The zero-order valence-electron chi connectivity index (χ0n) is 8.14. The van der Waals surface area contributed by atoms with E-state index in [1.54, 1.807) is 11.3 Å². The van der Waals surface area contributed by atoms with Gasteiger partial charge in [0.1, 0.15) is 5.82 Å². The lowest BCUT2D eigenvalue weighted by Crippen LogP contribution is -1.96. The molecule has 1 aliphatic rings. The standard InChI is InChI=1S/C10H11N3S2/c1-2-8(14-5-1)6-11-10-12-9(13-15-10)7-3-4-7/h1-2,5,7H,3-4,6H2,(H,11,12,13). The maximum absolute atomic E-state index is 4.47. The molecule has 0 unspecified atom stereocenters. The topological polar surface area (TPSA) is 37.8 Å². The molecule has 78 valence electrons. The zero-order valence-corrected chi connectivity index (χ0v) is 9.77. The molecule has 15 heavy (non-hydrogen) atoms. The van der Waals surface area contributed by atoms with Gasteiger partial charge in [0.25, 0.3) is 0 Å². The van der Waals surface area contributed by atoms with Crippen molar-refractivity contribution in [1.82, 2.24) is 9.36 Å². The highest BCUT2D eigenvalue weighted by Gasteiger charge is 2.27. The SMILES string of the molecule is c1csc(CNc2nc(C3CC3)ns2)c1. The van der Waals surface area contributed by atoms with E-state index < -0.39 is 0 Å². The minimum Gasteiger partial charge on any atom is -0.355 e.